The van der Waals surface area contributed by atoms with Gasteiger partial charge in [0.1, 0.15) is 6.61 Å². The second-order valence-corrected chi connectivity index (χ2v) is 5.81. The molecule has 0 aliphatic carbocycles. The van der Waals surface area contributed by atoms with Crippen LogP contribution in [0.5, 0.6) is 0 Å². The number of benzene rings is 1. The first-order valence-corrected chi connectivity index (χ1v) is 6.45. The van der Waals surface area contributed by atoms with Crippen LogP contribution in [0.4, 0.5) is 4.79 Å². The normalized spacial score (nSPS) is 21.9. The molecule has 1 aliphatic heterocycles. The largest absolute Gasteiger partial charge is 0.445 e. The molecule has 0 radical (unpaired) electrons. The molecule has 0 bridgehead atoms. The third-order valence-electron chi connectivity index (χ3n) is 3.89. The van der Waals surface area contributed by atoms with E-state index in [1.165, 1.54) is 0 Å². The molecule has 3 heteroatoms. The summed E-state index contributed by atoms with van der Waals surface area (Å²) in [4.78, 5) is 13.8. The quantitative estimate of drug-likeness (QED) is 0.802. The minimum Gasteiger partial charge on any atom is -0.445 e. The highest BCUT2D eigenvalue weighted by Gasteiger charge is 2.38. The number of amides is 1. The number of likely N-dealkylation sites (tertiary alicyclic amines) is 1. The molecule has 18 heavy (non-hydrogen) atoms. The number of nitrogens with zero attached hydrogens (tertiary/aromatic N) is 1. The van der Waals surface area contributed by atoms with Gasteiger partial charge < -0.3 is 9.64 Å². The zero-order chi connectivity index (χ0) is 13.2. The van der Waals surface area contributed by atoms with E-state index in [-0.39, 0.29) is 11.5 Å². The minimum atomic E-state index is -0.198. The first kappa shape index (κ1) is 12.9. The van der Waals surface area contributed by atoms with Crippen molar-refractivity contribution in [2.75, 3.05) is 13.1 Å². The van der Waals surface area contributed by atoms with Gasteiger partial charge in [0.05, 0.1) is 0 Å². The Morgan fingerprint density at radius 3 is 2.61 bits per heavy atom. The number of carbonyl (C=O) groups excluding carboxylic acids is 1. The molecule has 1 aromatic rings. The summed E-state index contributed by atoms with van der Waals surface area (Å²) >= 11 is 0. The highest BCUT2D eigenvalue weighted by Crippen LogP contribution is 2.34. The van der Waals surface area contributed by atoms with Crippen LogP contribution in [0.15, 0.2) is 30.3 Å². The molecule has 1 aromatic carbocycles. The first-order chi connectivity index (χ1) is 8.49. The fourth-order valence-electron chi connectivity index (χ4n) is 2.24. The second kappa shape index (κ2) is 5.01. The highest BCUT2D eigenvalue weighted by molar-refractivity contribution is 5.68. The van der Waals surface area contributed by atoms with Crippen molar-refractivity contribution in [3.63, 3.8) is 0 Å². The standard InChI is InChI=1S/C15H21NO2/c1-12-9-16(11-15(12,2)3)14(17)18-10-13-7-5-4-6-8-13/h4-8,12H,9-11H2,1-3H3/t12-/m1/s1. The fraction of sp³-hybridized carbons (Fsp3) is 0.533. The maximum absolute atomic E-state index is 12.0. The third kappa shape index (κ3) is 2.84. The van der Waals surface area contributed by atoms with Gasteiger partial charge in [-0.2, -0.15) is 0 Å². The monoisotopic (exact) mass is 247 g/mol. The molecular formula is C15H21NO2. The molecule has 1 fully saturated rings. The number of hydrogen-bond donors (Lipinski definition) is 0. The van der Waals surface area contributed by atoms with E-state index in [2.05, 4.69) is 20.8 Å². The average molecular weight is 247 g/mol. The molecule has 0 saturated carbocycles. The second-order valence-electron chi connectivity index (χ2n) is 5.81. The summed E-state index contributed by atoms with van der Waals surface area (Å²) in [5.74, 6) is 0.516. The van der Waals surface area contributed by atoms with Gasteiger partial charge >= 0.3 is 6.09 Å². The molecule has 1 atom stereocenters. The van der Waals surface area contributed by atoms with Gasteiger partial charge in [0.25, 0.3) is 0 Å². The Bertz CT molecular complexity index is 414. The molecule has 0 spiro atoms. The maximum Gasteiger partial charge on any atom is 0.410 e. The van der Waals surface area contributed by atoms with Gasteiger partial charge in [0.15, 0.2) is 0 Å². The summed E-state index contributed by atoms with van der Waals surface area (Å²) in [6, 6.07) is 9.78. The van der Waals surface area contributed by atoms with E-state index in [1.54, 1.807) is 0 Å². The lowest BCUT2D eigenvalue weighted by Crippen LogP contribution is -2.30. The summed E-state index contributed by atoms with van der Waals surface area (Å²) in [7, 11) is 0. The lowest BCUT2D eigenvalue weighted by molar-refractivity contribution is 0.101. The Morgan fingerprint density at radius 1 is 1.39 bits per heavy atom. The van der Waals surface area contributed by atoms with Gasteiger partial charge in [-0.05, 0) is 16.9 Å². The Balaban J connectivity index is 1.87. The topological polar surface area (TPSA) is 29.5 Å². The molecule has 98 valence electrons. The summed E-state index contributed by atoms with van der Waals surface area (Å²) in [6.45, 7) is 8.50. The van der Waals surface area contributed by atoms with E-state index in [0.29, 0.717) is 12.5 Å². The van der Waals surface area contributed by atoms with Crippen molar-refractivity contribution in [3.8, 4) is 0 Å². The smallest absolute Gasteiger partial charge is 0.410 e. The molecule has 3 nitrogen and oxygen atoms in total. The van der Waals surface area contributed by atoms with Crippen LogP contribution in [-0.2, 0) is 11.3 Å². The number of hydrogen-bond acceptors (Lipinski definition) is 2. The molecule has 2 rings (SSSR count). The van der Waals surface area contributed by atoms with Crippen LogP contribution in [0, 0.1) is 11.3 Å². The molecule has 1 heterocycles. The van der Waals surface area contributed by atoms with Gasteiger partial charge in [0, 0.05) is 13.1 Å². The van der Waals surface area contributed by atoms with Crippen LogP contribution in [0.2, 0.25) is 0 Å². The SMILES string of the molecule is C[C@@H]1CN(C(=O)OCc2ccccc2)CC1(C)C. The predicted molar refractivity (Wildman–Crippen MR) is 71.1 cm³/mol. The number of rotatable bonds is 2. The van der Waals surface area contributed by atoms with Gasteiger partial charge in [-0.3, -0.25) is 0 Å². The van der Waals surface area contributed by atoms with Crippen molar-refractivity contribution < 1.29 is 9.53 Å². The first-order valence-electron chi connectivity index (χ1n) is 6.45. The van der Waals surface area contributed by atoms with Crippen LogP contribution in [-0.4, -0.2) is 24.1 Å². The van der Waals surface area contributed by atoms with Crippen molar-refractivity contribution >= 4 is 6.09 Å². The van der Waals surface area contributed by atoms with Crippen LogP contribution < -0.4 is 0 Å². The lowest BCUT2D eigenvalue weighted by Gasteiger charge is -2.21. The zero-order valence-electron chi connectivity index (χ0n) is 11.3. The van der Waals surface area contributed by atoms with Crippen LogP contribution in [0.25, 0.3) is 0 Å². The summed E-state index contributed by atoms with van der Waals surface area (Å²) in [6.07, 6.45) is -0.198. The summed E-state index contributed by atoms with van der Waals surface area (Å²) in [5, 5.41) is 0. The highest BCUT2D eigenvalue weighted by atomic mass is 16.6. The van der Waals surface area contributed by atoms with Crippen LogP contribution in [0.1, 0.15) is 26.3 Å². The molecule has 0 unspecified atom stereocenters. The Kier molecular flexibility index (Phi) is 3.60. The summed E-state index contributed by atoms with van der Waals surface area (Å²) < 4.78 is 5.34. The van der Waals surface area contributed by atoms with Gasteiger partial charge in [-0.15, -0.1) is 0 Å². The van der Waals surface area contributed by atoms with E-state index in [9.17, 15) is 4.79 Å². The molecule has 1 amide bonds. The molecule has 1 aliphatic rings. The zero-order valence-corrected chi connectivity index (χ0v) is 11.3. The number of ether oxygens (including phenoxy) is 1. The van der Waals surface area contributed by atoms with Crippen LogP contribution >= 0.6 is 0 Å². The van der Waals surface area contributed by atoms with Crippen LogP contribution in [0.3, 0.4) is 0 Å². The van der Waals surface area contributed by atoms with Gasteiger partial charge in [0.2, 0.25) is 0 Å². The van der Waals surface area contributed by atoms with Crippen molar-refractivity contribution in [3.05, 3.63) is 35.9 Å². The van der Waals surface area contributed by atoms with Crippen molar-refractivity contribution in [1.29, 1.82) is 0 Å². The Labute approximate surface area is 109 Å². The molecule has 0 aromatic heterocycles. The predicted octanol–water partition coefficient (Wildman–Crippen LogP) is 3.30. The Morgan fingerprint density at radius 2 is 2.06 bits per heavy atom. The van der Waals surface area contributed by atoms with E-state index in [1.807, 2.05) is 35.2 Å². The van der Waals surface area contributed by atoms with Gasteiger partial charge in [-0.1, -0.05) is 51.1 Å². The fourth-order valence-corrected chi connectivity index (χ4v) is 2.24. The summed E-state index contributed by atoms with van der Waals surface area (Å²) in [5.41, 5.74) is 1.21. The van der Waals surface area contributed by atoms with E-state index in [0.717, 1.165) is 18.7 Å². The minimum absolute atomic E-state index is 0.186. The lowest BCUT2D eigenvalue weighted by atomic mass is 9.84. The average Bonchev–Trinajstić information content (AvgIpc) is 2.62. The Hall–Kier alpha value is -1.51. The van der Waals surface area contributed by atoms with Gasteiger partial charge in [-0.25, -0.2) is 4.79 Å². The van der Waals surface area contributed by atoms with E-state index < -0.39 is 0 Å². The number of carbonyl (C=O) groups is 1. The molecule has 1 saturated heterocycles. The van der Waals surface area contributed by atoms with Crippen molar-refractivity contribution in [2.24, 2.45) is 11.3 Å². The van der Waals surface area contributed by atoms with E-state index >= 15 is 0 Å². The molecular weight excluding hydrogens is 226 g/mol. The van der Waals surface area contributed by atoms with Crippen molar-refractivity contribution in [1.82, 2.24) is 4.90 Å². The molecule has 0 N–H and O–H groups in total. The van der Waals surface area contributed by atoms with E-state index in [4.69, 9.17) is 4.74 Å². The van der Waals surface area contributed by atoms with Crippen molar-refractivity contribution in [2.45, 2.75) is 27.4 Å². The maximum atomic E-state index is 12.0. The third-order valence-corrected chi connectivity index (χ3v) is 3.89.